The molecule has 4 aliphatic rings. The molecule has 115 heavy (non-hydrogen) atoms. The van der Waals surface area contributed by atoms with Crippen LogP contribution < -0.4 is 21.3 Å². The third-order valence-corrected chi connectivity index (χ3v) is 22.1. The highest BCUT2D eigenvalue weighted by atomic mass is 16.6. The zero-order valence-corrected chi connectivity index (χ0v) is 66.9. The second-order valence-electron chi connectivity index (χ2n) is 30.8. The molecular formula is C83H100N18O14. The molecule has 32 nitrogen and oxygen atoms in total. The number of imidazole rings is 4. The minimum atomic E-state index is -0.721. The number of oxazole rings is 2. The van der Waals surface area contributed by atoms with Gasteiger partial charge in [0.15, 0.2) is 23.5 Å². The number of hydrogen-bond donors (Lipinski definition) is 8. The van der Waals surface area contributed by atoms with E-state index in [4.69, 9.17) is 42.7 Å². The molecule has 14 rings (SSSR count). The summed E-state index contributed by atoms with van der Waals surface area (Å²) in [6.45, 7) is 19.2. The highest BCUT2D eigenvalue weighted by molar-refractivity contribution is 6.01. The zero-order valence-electron chi connectivity index (χ0n) is 66.9. The molecule has 8 amide bonds. The van der Waals surface area contributed by atoms with Crippen LogP contribution in [-0.4, -0.2) is 196 Å². The molecule has 606 valence electrons. The predicted octanol–water partition coefficient (Wildman–Crippen LogP) is 13.0. The number of methoxy groups -OCH3 is 4. The number of benzene rings is 4. The molecule has 4 aromatic carbocycles. The Bertz CT molecular complexity index is 5170. The van der Waals surface area contributed by atoms with Crippen LogP contribution in [0.25, 0.3) is 89.5 Å². The molecule has 0 bridgehead atoms. The Hall–Kier alpha value is -12.4. The number of alkyl carbamates (subject to hydrolysis) is 4. The van der Waals surface area contributed by atoms with Crippen molar-refractivity contribution in [3.8, 4) is 67.3 Å². The minimum Gasteiger partial charge on any atom is -0.453 e. The highest BCUT2D eigenvalue weighted by Crippen LogP contribution is 2.42. The molecule has 4 aliphatic heterocycles. The molecular weight excluding hydrogens is 1470 g/mol. The fourth-order valence-corrected chi connectivity index (χ4v) is 16.0. The summed E-state index contributed by atoms with van der Waals surface area (Å²) in [4.78, 5) is 152. The van der Waals surface area contributed by atoms with Crippen LogP contribution in [0.2, 0.25) is 0 Å². The van der Waals surface area contributed by atoms with Gasteiger partial charge in [-0.1, -0.05) is 104 Å². The number of carbonyl (C=O) groups is 8. The first kappa shape index (κ1) is 80.7. The van der Waals surface area contributed by atoms with Gasteiger partial charge in [0.2, 0.25) is 23.6 Å². The van der Waals surface area contributed by atoms with Crippen molar-refractivity contribution < 1.29 is 66.1 Å². The molecule has 4 fully saturated rings. The van der Waals surface area contributed by atoms with Crippen molar-refractivity contribution in [3.05, 3.63) is 133 Å². The number of amides is 8. The van der Waals surface area contributed by atoms with E-state index >= 15 is 0 Å². The van der Waals surface area contributed by atoms with E-state index in [1.807, 2.05) is 135 Å². The molecule has 8 atom stereocenters. The number of carbonyl (C=O) groups excluding carboxylic acids is 8. The lowest BCUT2D eigenvalue weighted by Gasteiger charge is -2.30. The summed E-state index contributed by atoms with van der Waals surface area (Å²) in [6, 6.07) is 20.3. The van der Waals surface area contributed by atoms with E-state index in [0.29, 0.717) is 77.6 Å². The summed E-state index contributed by atoms with van der Waals surface area (Å²) < 4.78 is 31.2. The van der Waals surface area contributed by atoms with Crippen molar-refractivity contribution >= 4 is 70.2 Å². The normalized spacial score (nSPS) is 17.9. The quantitative estimate of drug-likeness (QED) is 0.0292. The number of aromatic nitrogens is 10. The lowest BCUT2D eigenvalue weighted by atomic mass is 9.99. The average molecular weight is 1570 g/mol. The van der Waals surface area contributed by atoms with Gasteiger partial charge in [-0.05, 0) is 122 Å². The van der Waals surface area contributed by atoms with Crippen LogP contribution in [0.3, 0.4) is 0 Å². The van der Waals surface area contributed by atoms with Gasteiger partial charge >= 0.3 is 24.4 Å². The number of fused-ring (bicyclic) bond motifs is 2. The fourth-order valence-electron chi connectivity index (χ4n) is 16.0. The largest absolute Gasteiger partial charge is 0.453 e. The van der Waals surface area contributed by atoms with Crippen molar-refractivity contribution in [2.45, 2.75) is 162 Å². The Labute approximate surface area is 664 Å². The van der Waals surface area contributed by atoms with E-state index in [0.717, 1.165) is 119 Å². The van der Waals surface area contributed by atoms with E-state index in [1.54, 1.807) is 44.4 Å². The van der Waals surface area contributed by atoms with Gasteiger partial charge in [-0.25, -0.2) is 49.1 Å². The molecule has 0 radical (unpaired) electrons. The van der Waals surface area contributed by atoms with Gasteiger partial charge < -0.3 is 88.6 Å². The minimum absolute atomic E-state index is 0.120. The predicted molar refractivity (Wildman–Crippen MR) is 425 cm³/mol. The number of ether oxygens (including phenoxy) is 4. The maximum absolute atomic E-state index is 13.7. The van der Waals surface area contributed by atoms with Crippen LogP contribution in [-0.2, 0) is 38.1 Å². The van der Waals surface area contributed by atoms with Crippen LogP contribution in [0.1, 0.15) is 160 Å². The van der Waals surface area contributed by atoms with Gasteiger partial charge in [-0.3, -0.25) is 19.2 Å². The van der Waals surface area contributed by atoms with Crippen LogP contribution in [0.5, 0.6) is 0 Å². The van der Waals surface area contributed by atoms with Gasteiger partial charge in [0.05, 0.1) is 100 Å². The Morgan fingerprint density at radius 3 is 0.991 bits per heavy atom. The second kappa shape index (κ2) is 34.9. The SMILES string of the molecule is COC(=O)N[C@H](C(=O)N1CCC[C@H]1c1ncc(-c2ccc(-c3ccc(-c4cnc([C@@H]5CCCN5C(=O)[C@@H](NC(=O)OC)C(C)C)[nH]4)c4nc(C)oc34)cc2)[nH]1)C(C)C.COC(=O)N[C@H](C(=O)N1CCC[C@H]1c1ncc(-c2ccc(-c3ccc(-c4cnc([C@@H]5CCCN5C(=O)[C@@H](NC(=O)OC)C(C)C)[nH]4)c4ncoc34)cc2)[nH]1)C(C)C. The number of likely N-dealkylation sites (tertiary alicyclic amines) is 4. The monoisotopic (exact) mass is 1570 g/mol. The number of nitrogens with zero attached hydrogens (tertiary/aromatic N) is 10. The van der Waals surface area contributed by atoms with Crippen LogP contribution in [0.4, 0.5) is 19.2 Å². The zero-order chi connectivity index (χ0) is 81.6. The van der Waals surface area contributed by atoms with Crippen LogP contribution >= 0.6 is 0 Å². The van der Waals surface area contributed by atoms with Gasteiger partial charge in [0.1, 0.15) is 58.5 Å². The van der Waals surface area contributed by atoms with Gasteiger partial charge in [0.25, 0.3) is 0 Å². The molecule has 0 aliphatic carbocycles. The third-order valence-electron chi connectivity index (χ3n) is 22.1. The van der Waals surface area contributed by atoms with Crippen molar-refractivity contribution in [1.82, 2.24) is 90.7 Å². The maximum Gasteiger partial charge on any atom is 0.407 e. The molecule has 4 saturated heterocycles. The summed E-state index contributed by atoms with van der Waals surface area (Å²) in [5, 5.41) is 10.8. The molecule has 0 spiro atoms. The fraction of sp³-hybridized carbons (Fsp3) is 0.446. The van der Waals surface area contributed by atoms with Gasteiger partial charge in [-0.2, -0.15) is 0 Å². The molecule has 0 unspecified atom stereocenters. The summed E-state index contributed by atoms with van der Waals surface area (Å²) in [7, 11) is 5.13. The van der Waals surface area contributed by atoms with E-state index in [9.17, 15) is 38.4 Å². The van der Waals surface area contributed by atoms with E-state index in [-0.39, 0.29) is 71.5 Å². The van der Waals surface area contributed by atoms with Crippen LogP contribution in [0, 0.1) is 30.6 Å². The molecule has 6 aromatic heterocycles. The molecule has 0 saturated carbocycles. The van der Waals surface area contributed by atoms with E-state index < -0.39 is 48.5 Å². The number of aryl methyl sites for hydroxylation is 1. The van der Waals surface area contributed by atoms with E-state index in [1.165, 1.54) is 34.8 Å². The second-order valence-corrected chi connectivity index (χ2v) is 30.8. The summed E-state index contributed by atoms with van der Waals surface area (Å²) in [5.74, 6) is 2.09. The Kier molecular flexibility index (Phi) is 24.5. The first-order chi connectivity index (χ1) is 55.4. The number of aromatic amines is 4. The number of H-pyrrole nitrogens is 4. The van der Waals surface area contributed by atoms with Crippen LogP contribution in [0.15, 0.2) is 113 Å². The topological polar surface area (TPSA) is 401 Å². The Balaban J connectivity index is 0.000000200. The standard InChI is InChI=1S/C42H51N9O7.C41H49N9O7/c1-22(2)33(48-41(54)56-6)39(52)50-18-8-10-31(50)37-43-20-29(46-37)26-14-12-25(13-15-26)27-16-17-28(35-36(27)58-24(5)45-35)30-21-44-38(47-30)32-11-9-19-51(32)40(53)34(23(3)4)49-42(55)57-7;1-22(2)32(47-40(53)55-5)38(51)49-17-7-9-30(49)36-42-19-28(45-36)25-13-11-24(12-14-25)26-15-16-27(34-35(26)57-21-44-34)29-20-43-37(46-29)31-10-8-18-50(31)39(52)33(23(3)4)48-41(54)56-6/h12-17,20-23,31-34H,8-11,18-19H2,1-7H3,(H,43,46)(H,44,47)(H,48,54)(H,49,55);11-16,19-23,30-33H,7-10,17-18H2,1-6H3,(H,42,45)(H,43,46)(H,47,53)(H,48,54)/t31-,32-,33-,34-;30-,31-,32-,33-/m00/s1. The lowest BCUT2D eigenvalue weighted by molar-refractivity contribution is -0.136. The molecule has 8 N–H and O–H groups in total. The molecule has 32 heteroatoms. The summed E-state index contributed by atoms with van der Waals surface area (Å²) in [6.07, 6.45) is 12.2. The molecule has 10 heterocycles. The average Bonchev–Trinajstić information content (AvgIpc) is 1.65. The highest BCUT2D eigenvalue weighted by Gasteiger charge is 2.43. The lowest BCUT2D eigenvalue weighted by Crippen LogP contribution is -2.51. The number of nitrogens with one attached hydrogen (secondary N) is 8. The first-order valence-corrected chi connectivity index (χ1v) is 39.1. The van der Waals surface area contributed by atoms with Gasteiger partial charge in [0, 0.05) is 55.4 Å². The summed E-state index contributed by atoms with van der Waals surface area (Å²) >= 11 is 0. The van der Waals surface area contributed by atoms with Gasteiger partial charge in [-0.15, -0.1) is 0 Å². The first-order valence-electron chi connectivity index (χ1n) is 39.1. The molecule has 10 aromatic rings. The maximum atomic E-state index is 13.7. The van der Waals surface area contributed by atoms with Crippen molar-refractivity contribution in [2.24, 2.45) is 23.7 Å². The third kappa shape index (κ3) is 17.0. The smallest absolute Gasteiger partial charge is 0.407 e. The summed E-state index contributed by atoms with van der Waals surface area (Å²) in [5.41, 5.74) is 12.9. The number of hydrogen-bond acceptors (Lipinski definition) is 20. The van der Waals surface area contributed by atoms with Crippen molar-refractivity contribution in [1.29, 1.82) is 0 Å². The van der Waals surface area contributed by atoms with Crippen molar-refractivity contribution in [2.75, 3.05) is 54.6 Å². The Morgan fingerprint density at radius 1 is 0.383 bits per heavy atom. The van der Waals surface area contributed by atoms with E-state index in [2.05, 4.69) is 56.2 Å². The number of rotatable bonds is 22. The Morgan fingerprint density at radius 2 is 0.670 bits per heavy atom. The van der Waals surface area contributed by atoms with Crippen molar-refractivity contribution in [3.63, 3.8) is 0 Å².